The number of amides is 1. The molecule has 2 aromatic heterocycles. The average Bonchev–Trinajstić information content (AvgIpc) is 3.28. The van der Waals surface area contributed by atoms with Crippen LogP contribution in [0.4, 0.5) is 0 Å². The summed E-state index contributed by atoms with van der Waals surface area (Å²) in [5.41, 5.74) is 1.07. The van der Waals surface area contributed by atoms with Gasteiger partial charge in [-0.05, 0) is 63.6 Å². The van der Waals surface area contributed by atoms with Crippen molar-refractivity contribution < 1.29 is 14.3 Å². The van der Waals surface area contributed by atoms with Gasteiger partial charge in [-0.1, -0.05) is 6.92 Å². The molecule has 2 aromatic rings. The van der Waals surface area contributed by atoms with E-state index in [1.54, 1.807) is 18.6 Å². The second kappa shape index (κ2) is 11.6. The van der Waals surface area contributed by atoms with E-state index in [1.165, 1.54) is 6.42 Å². The summed E-state index contributed by atoms with van der Waals surface area (Å²) in [7, 11) is 1.88. The summed E-state index contributed by atoms with van der Waals surface area (Å²) in [6.07, 6.45) is 8.76. The third kappa shape index (κ3) is 6.51. The number of carbonyl (C=O) groups excluding carboxylic acids is 1. The molecule has 9 heteroatoms. The van der Waals surface area contributed by atoms with Crippen LogP contribution in [0.3, 0.4) is 0 Å². The maximum Gasteiger partial charge on any atom is 0.270 e. The molecule has 9 nitrogen and oxygen atoms in total. The van der Waals surface area contributed by atoms with Gasteiger partial charge in [0.15, 0.2) is 5.82 Å². The zero-order valence-electron chi connectivity index (χ0n) is 19.8. The molecule has 180 valence electrons. The minimum atomic E-state index is -0.187. The van der Waals surface area contributed by atoms with Crippen LogP contribution in [-0.4, -0.2) is 76.3 Å². The van der Waals surface area contributed by atoms with Crippen molar-refractivity contribution in [3.05, 3.63) is 24.3 Å². The molecule has 1 N–H and O–H groups in total. The van der Waals surface area contributed by atoms with Gasteiger partial charge in [0.25, 0.3) is 5.91 Å². The number of imidazole rings is 1. The number of aryl methyl sites for hydroxylation is 1. The van der Waals surface area contributed by atoms with Crippen LogP contribution in [0.1, 0.15) is 49.5 Å². The largest absolute Gasteiger partial charge is 0.477 e. The quantitative estimate of drug-likeness (QED) is 0.620. The number of likely N-dealkylation sites (tertiary alicyclic amines) is 1. The minimum Gasteiger partial charge on any atom is -0.477 e. The fourth-order valence-electron chi connectivity index (χ4n) is 4.48. The molecule has 2 aliphatic rings. The second-order valence-electron chi connectivity index (χ2n) is 9.17. The number of rotatable bonds is 9. The lowest BCUT2D eigenvalue weighted by molar-refractivity contribution is 0.0490. The molecule has 4 rings (SSSR count). The second-order valence-corrected chi connectivity index (χ2v) is 9.17. The Morgan fingerprint density at radius 3 is 2.67 bits per heavy atom. The predicted octanol–water partition coefficient (Wildman–Crippen LogP) is 2.53. The van der Waals surface area contributed by atoms with Crippen LogP contribution in [0.25, 0.3) is 11.5 Å². The van der Waals surface area contributed by atoms with Crippen LogP contribution in [0.15, 0.2) is 18.6 Å². The summed E-state index contributed by atoms with van der Waals surface area (Å²) in [6.45, 7) is 8.35. The van der Waals surface area contributed by atoms with Gasteiger partial charge < -0.3 is 24.3 Å². The molecule has 0 spiro atoms. The summed E-state index contributed by atoms with van der Waals surface area (Å²) in [6, 6.07) is 1.65. The van der Waals surface area contributed by atoms with Gasteiger partial charge in [-0.25, -0.2) is 9.97 Å². The number of ether oxygens (including phenoxy) is 2. The van der Waals surface area contributed by atoms with E-state index in [9.17, 15) is 4.79 Å². The molecular weight excluding hydrogens is 420 g/mol. The Morgan fingerprint density at radius 1 is 1.18 bits per heavy atom. The van der Waals surface area contributed by atoms with Crippen molar-refractivity contribution in [2.45, 2.75) is 39.0 Å². The molecule has 2 aliphatic heterocycles. The monoisotopic (exact) mass is 456 g/mol. The highest BCUT2D eigenvalue weighted by Crippen LogP contribution is 2.22. The highest BCUT2D eigenvalue weighted by atomic mass is 16.5. The Labute approximate surface area is 195 Å². The van der Waals surface area contributed by atoms with E-state index in [0.29, 0.717) is 42.4 Å². The van der Waals surface area contributed by atoms with Crippen molar-refractivity contribution in [3.8, 4) is 17.4 Å². The maximum absolute atomic E-state index is 13.0. The lowest BCUT2D eigenvalue weighted by Gasteiger charge is -2.31. The molecule has 0 unspecified atom stereocenters. The Morgan fingerprint density at radius 2 is 1.97 bits per heavy atom. The van der Waals surface area contributed by atoms with E-state index < -0.39 is 0 Å². The number of aromatic nitrogens is 4. The fraction of sp³-hybridized carbons (Fsp3) is 0.667. The summed E-state index contributed by atoms with van der Waals surface area (Å²) in [5, 5.41) is 3.09. The highest BCUT2D eigenvalue weighted by molar-refractivity contribution is 5.92. The maximum atomic E-state index is 13.0. The van der Waals surface area contributed by atoms with Crippen molar-refractivity contribution >= 4 is 5.91 Å². The first-order valence-electron chi connectivity index (χ1n) is 12.2. The molecule has 33 heavy (non-hydrogen) atoms. The van der Waals surface area contributed by atoms with Gasteiger partial charge in [0.05, 0.1) is 19.1 Å². The van der Waals surface area contributed by atoms with Crippen molar-refractivity contribution in [2.75, 3.05) is 46.0 Å². The Balaban J connectivity index is 1.42. The fourth-order valence-corrected chi connectivity index (χ4v) is 4.48. The lowest BCUT2D eigenvalue weighted by atomic mass is 9.96. The van der Waals surface area contributed by atoms with E-state index in [-0.39, 0.29) is 5.91 Å². The number of hydrogen-bond donors (Lipinski definition) is 1. The average molecular weight is 457 g/mol. The van der Waals surface area contributed by atoms with E-state index in [1.807, 2.05) is 11.6 Å². The molecule has 0 aliphatic carbocycles. The molecule has 0 atom stereocenters. The van der Waals surface area contributed by atoms with Gasteiger partial charge in [0.2, 0.25) is 5.88 Å². The standard InChI is InChI=1S/C24H36N6O3/c1-3-8-30-9-4-18(5-10-30)14-26-24(31)20-13-22(33-16-19-6-11-32-12-7-19)28-23(27-20)21-15-25-17-29(21)2/h13,15,17-19H,3-12,14,16H2,1-2H3,(H,26,31). The SMILES string of the molecule is CCCN1CCC(CNC(=O)c2cc(OCC3CCOCC3)nc(-c3cncn3C)n2)CC1. The Hall–Kier alpha value is -2.52. The molecule has 0 saturated carbocycles. The first-order valence-corrected chi connectivity index (χ1v) is 12.2. The highest BCUT2D eigenvalue weighted by Gasteiger charge is 2.21. The lowest BCUT2D eigenvalue weighted by Crippen LogP contribution is -2.39. The van der Waals surface area contributed by atoms with Crippen LogP contribution in [0.2, 0.25) is 0 Å². The molecule has 1 amide bonds. The van der Waals surface area contributed by atoms with Gasteiger partial charge in [-0.15, -0.1) is 0 Å². The minimum absolute atomic E-state index is 0.187. The molecule has 0 aromatic carbocycles. The number of carbonyl (C=O) groups is 1. The molecule has 2 fully saturated rings. The molecule has 2 saturated heterocycles. The number of piperidine rings is 1. The Kier molecular flexibility index (Phi) is 8.28. The van der Waals surface area contributed by atoms with Crippen molar-refractivity contribution in [2.24, 2.45) is 18.9 Å². The molecule has 0 bridgehead atoms. The predicted molar refractivity (Wildman–Crippen MR) is 125 cm³/mol. The zero-order valence-corrected chi connectivity index (χ0v) is 19.8. The molecular formula is C24H36N6O3. The van der Waals surface area contributed by atoms with E-state index >= 15 is 0 Å². The first kappa shape index (κ1) is 23.6. The summed E-state index contributed by atoms with van der Waals surface area (Å²) in [4.78, 5) is 28.8. The molecule has 4 heterocycles. The number of hydrogen-bond acceptors (Lipinski definition) is 7. The summed E-state index contributed by atoms with van der Waals surface area (Å²) in [5.74, 6) is 1.62. The summed E-state index contributed by atoms with van der Waals surface area (Å²) < 4.78 is 13.3. The van der Waals surface area contributed by atoms with Crippen LogP contribution in [-0.2, 0) is 11.8 Å². The van der Waals surface area contributed by atoms with Crippen molar-refractivity contribution in [1.82, 2.24) is 29.7 Å². The van der Waals surface area contributed by atoms with Crippen LogP contribution < -0.4 is 10.1 Å². The summed E-state index contributed by atoms with van der Waals surface area (Å²) >= 11 is 0. The van der Waals surface area contributed by atoms with Crippen LogP contribution in [0, 0.1) is 11.8 Å². The van der Waals surface area contributed by atoms with Gasteiger partial charge in [0, 0.05) is 32.9 Å². The third-order valence-corrected chi connectivity index (χ3v) is 6.59. The first-order chi connectivity index (χ1) is 16.1. The zero-order chi connectivity index (χ0) is 23.0. The third-order valence-electron chi connectivity index (χ3n) is 6.59. The van der Waals surface area contributed by atoms with Gasteiger partial charge in [-0.2, -0.15) is 4.98 Å². The smallest absolute Gasteiger partial charge is 0.270 e. The van der Waals surface area contributed by atoms with Crippen LogP contribution in [0.5, 0.6) is 5.88 Å². The van der Waals surface area contributed by atoms with Gasteiger partial charge >= 0.3 is 0 Å². The Bertz CT molecular complexity index is 903. The number of nitrogens with one attached hydrogen (secondary N) is 1. The van der Waals surface area contributed by atoms with E-state index in [2.05, 4.69) is 32.1 Å². The van der Waals surface area contributed by atoms with Crippen molar-refractivity contribution in [1.29, 1.82) is 0 Å². The van der Waals surface area contributed by atoms with E-state index in [4.69, 9.17) is 9.47 Å². The van der Waals surface area contributed by atoms with Gasteiger partial charge in [-0.3, -0.25) is 4.79 Å². The molecule has 0 radical (unpaired) electrons. The topological polar surface area (TPSA) is 94.4 Å². The van der Waals surface area contributed by atoms with Crippen LogP contribution >= 0.6 is 0 Å². The number of nitrogens with zero attached hydrogens (tertiary/aromatic N) is 5. The van der Waals surface area contributed by atoms with Crippen molar-refractivity contribution in [3.63, 3.8) is 0 Å². The van der Waals surface area contributed by atoms with E-state index in [0.717, 1.165) is 64.2 Å². The normalized spacial score (nSPS) is 18.4. The van der Waals surface area contributed by atoms with Gasteiger partial charge in [0.1, 0.15) is 11.4 Å².